The molecule has 0 aliphatic carbocycles. The van der Waals surface area contributed by atoms with Crippen molar-refractivity contribution in [1.82, 2.24) is 4.98 Å². The van der Waals surface area contributed by atoms with E-state index < -0.39 is 5.82 Å². The second-order valence-electron chi connectivity index (χ2n) is 4.04. The average molecular weight is 257 g/mol. The maximum absolute atomic E-state index is 13.5. The topological polar surface area (TPSA) is 71.9 Å². The molecule has 2 rings (SSSR count). The Morgan fingerprint density at radius 2 is 2.21 bits per heavy atom. The molecule has 0 aliphatic rings. The van der Waals surface area contributed by atoms with E-state index in [0.717, 1.165) is 11.6 Å². The van der Waals surface area contributed by atoms with Gasteiger partial charge in [0.15, 0.2) is 0 Å². The highest BCUT2D eigenvalue weighted by Crippen LogP contribution is 2.27. The lowest BCUT2D eigenvalue weighted by atomic mass is 10.1. The summed E-state index contributed by atoms with van der Waals surface area (Å²) in [4.78, 5) is 4.08. The van der Waals surface area contributed by atoms with Gasteiger partial charge in [-0.1, -0.05) is 6.07 Å². The lowest BCUT2D eigenvalue weighted by Crippen LogP contribution is -2.07. The number of hydrogen-bond donors (Lipinski definition) is 1. The minimum Gasteiger partial charge on any atom is -0.439 e. The lowest BCUT2D eigenvalue weighted by molar-refractivity contribution is 0.447. The lowest BCUT2D eigenvalue weighted by Gasteiger charge is -2.12. The van der Waals surface area contributed by atoms with E-state index in [2.05, 4.69) is 4.98 Å². The minimum absolute atomic E-state index is 0.0270. The van der Waals surface area contributed by atoms with Crippen molar-refractivity contribution in [3.8, 4) is 17.7 Å². The first kappa shape index (κ1) is 13.0. The summed E-state index contributed by atoms with van der Waals surface area (Å²) >= 11 is 0. The van der Waals surface area contributed by atoms with Crippen LogP contribution in [0, 0.1) is 17.1 Å². The van der Waals surface area contributed by atoms with Crippen molar-refractivity contribution in [2.24, 2.45) is 5.73 Å². The summed E-state index contributed by atoms with van der Waals surface area (Å²) in [7, 11) is 0. The maximum atomic E-state index is 13.5. The van der Waals surface area contributed by atoms with Crippen LogP contribution in [0.4, 0.5) is 4.39 Å². The molecule has 0 amide bonds. The van der Waals surface area contributed by atoms with Crippen LogP contribution >= 0.6 is 0 Å². The Balaban J connectivity index is 2.32. The molecule has 0 aliphatic heterocycles. The van der Waals surface area contributed by atoms with Gasteiger partial charge in [0.2, 0.25) is 5.88 Å². The van der Waals surface area contributed by atoms with Gasteiger partial charge in [-0.3, -0.25) is 0 Å². The van der Waals surface area contributed by atoms with Crippen LogP contribution in [0.5, 0.6) is 11.6 Å². The Morgan fingerprint density at radius 1 is 1.42 bits per heavy atom. The van der Waals surface area contributed by atoms with Gasteiger partial charge in [-0.15, -0.1) is 0 Å². The summed E-state index contributed by atoms with van der Waals surface area (Å²) in [6, 6.07) is 9.09. The zero-order chi connectivity index (χ0) is 13.8. The van der Waals surface area contributed by atoms with Crippen LogP contribution < -0.4 is 10.5 Å². The quantitative estimate of drug-likeness (QED) is 0.917. The summed E-state index contributed by atoms with van der Waals surface area (Å²) < 4.78 is 19.0. The molecule has 1 aromatic heterocycles. The van der Waals surface area contributed by atoms with Gasteiger partial charge in [0.05, 0.1) is 5.56 Å². The average Bonchev–Trinajstić information content (AvgIpc) is 2.39. The molecule has 5 heteroatoms. The molecule has 0 radical (unpaired) electrons. The van der Waals surface area contributed by atoms with Crippen LogP contribution in [0.3, 0.4) is 0 Å². The smallest absolute Gasteiger partial charge is 0.223 e. The monoisotopic (exact) mass is 257 g/mol. The van der Waals surface area contributed by atoms with E-state index in [1.54, 1.807) is 24.4 Å². The standard InChI is InChI=1S/C14H12FN3O/c1-9(17)12-3-2-6-18-14(12)19-11-5-4-10(8-16)13(15)7-11/h2-7,9H,17H2,1H3. The molecule has 1 heterocycles. The van der Waals surface area contributed by atoms with Crippen LogP contribution in [0.1, 0.15) is 24.1 Å². The third-order valence-corrected chi connectivity index (χ3v) is 2.57. The number of rotatable bonds is 3. The second kappa shape index (κ2) is 5.46. The number of nitrogens with two attached hydrogens (primary N) is 1. The first-order valence-corrected chi connectivity index (χ1v) is 5.70. The van der Waals surface area contributed by atoms with Gasteiger partial charge in [-0.2, -0.15) is 5.26 Å². The number of nitrogens with zero attached hydrogens (tertiary/aromatic N) is 2. The van der Waals surface area contributed by atoms with E-state index in [4.69, 9.17) is 15.7 Å². The maximum Gasteiger partial charge on any atom is 0.223 e. The third-order valence-electron chi connectivity index (χ3n) is 2.57. The molecule has 1 atom stereocenters. The molecule has 96 valence electrons. The van der Waals surface area contributed by atoms with Gasteiger partial charge in [-0.25, -0.2) is 9.37 Å². The predicted molar refractivity (Wildman–Crippen MR) is 68.0 cm³/mol. The molecule has 0 bridgehead atoms. The van der Waals surface area contributed by atoms with Crippen LogP contribution in [0.25, 0.3) is 0 Å². The molecule has 1 unspecified atom stereocenters. The zero-order valence-corrected chi connectivity index (χ0v) is 10.3. The SMILES string of the molecule is CC(N)c1cccnc1Oc1ccc(C#N)c(F)c1. The fourth-order valence-corrected chi connectivity index (χ4v) is 1.60. The summed E-state index contributed by atoms with van der Waals surface area (Å²) in [6.45, 7) is 1.81. The fraction of sp³-hybridized carbons (Fsp3) is 0.143. The van der Waals surface area contributed by atoms with Crippen molar-refractivity contribution >= 4 is 0 Å². The molecule has 0 fully saturated rings. The second-order valence-corrected chi connectivity index (χ2v) is 4.04. The molecule has 0 saturated heterocycles. The van der Waals surface area contributed by atoms with Crippen molar-refractivity contribution in [1.29, 1.82) is 5.26 Å². The van der Waals surface area contributed by atoms with Crippen molar-refractivity contribution < 1.29 is 9.13 Å². The summed E-state index contributed by atoms with van der Waals surface area (Å²) in [5, 5.41) is 8.66. The van der Waals surface area contributed by atoms with Gasteiger partial charge in [0.25, 0.3) is 0 Å². The molecule has 1 aromatic carbocycles. The van der Waals surface area contributed by atoms with Crippen LogP contribution in [-0.2, 0) is 0 Å². The number of aromatic nitrogens is 1. The number of hydrogen-bond acceptors (Lipinski definition) is 4. The van der Waals surface area contributed by atoms with Crippen molar-refractivity contribution in [3.05, 3.63) is 53.5 Å². The van der Waals surface area contributed by atoms with E-state index in [9.17, 15) is 4.39 Å². The van der Waals surface area contributed by atoms with E-state index in [-0.39, 0.29) is 17.4 Å². The van der Waals surface area contributed by atoms with Gasteiger partial charge < -0.3 is 10.5 Å². The Bertz CT molecular complexity index is 635. The number of ether oxygens (including phenoxy) is 1. The molecule has 4 nitrogen and oxygen atoms in total. The molecule has 2 N–H and O–H groups in total. The van der Waals surface area contributed by atoms with E-state index in [0.29, 0.717) is 5.88 Å². The zero-order valence-electron chi connectivity index (χ0n) is 10.3. The normalized spacial score (nSPS) is 11.7. The van der Waals surface area contributed by atoms with Crippen LogP contribution in [0.2, 0.25) is 0 Å². The van der Waals surface area contributed by atoms with E-state index in [1.807, 2.05) is 6.92 Å². The summed E-state index contributed by atoms with van der Waals surface area (Å²) in [6.07, 6.45) is 1.57. The summed E-state index contributed by atoms with van der Waals surface area (Å²) in [5.74, 6) is -0.0167. The van der Waals surface area contributed by atoms with Crippen molar-refractivity contribution in [2.45, 2.75) is 13.0 Å². The first-order valence-electron chi connectivity index (χ1n) is 5.70. The van der Waals surface area contributed by atoms with Crippen LogP contribution in [-0.4, -0.2) is 4.98 Å². The Kier molecular flexibility index (Phi) is 3.74. The number of pyridine rings is 1. The largest absolute Gasteiger partial charge is 0.439 e. The minimum atomic E-state index is -0.627. The highest BCUT2D eigenvalue weighted by atomic mass is 19.1. The van der Waals surface area contributed by atoms with Crippen molar-refractivity contribution in [2.75, 3.05) is 0 Å². The van der Waals surface area contributed by atoms with E-state index in [1.165, 1.54) is 12.1 Å². The third kappa shape index (κ3) is 2.87. The molecule has 2 aromatic rings. The van der Waals surface area contributed by atoms with Crippen LogP contribution in [0.15, 0.2) is 36.5 Å². The molecule has 0 saturated carbocycles. The number of nitriles is 1. The van der Waals surface area contributed by atoms with Gasteiger partial charge in [0, 0.05) is 23.9 Å². The van der Waals surface area contributed by atoms with E-state index >= 15 is 0 Å². The predicted octanol–water partition coefficient (Wildman–Crippen LogP) is 2.90. The molecular formula is C14H12FN3O. The molecule has 0 spiro atoms. The molecule has 19 heavy (non-hydrogen) atoms. The number of halogens is 1. The fourth-order valence-electron chi connectivity index (χ4n) is 1.60. The van der Waals surface area contributed by atoms with Gasteiger partial charge >= 0.3 is 0 Å². The first-order chi connectivity index (χ1) is 9.11. The summed E-state index contributed by atoms with van der Waals surface area (Å²) in [5.41, 5.74) is 6.51. The van der Waals surface area contributed by atoms with Crippen molar-refractivity contribution in [3.63, 3.8) is 0 Å². The Labute approximate surface area is 110 Å². The highest BCUT2D eigenvalue weighted by Gasteiger charge is 2.11. The number of benzene rings is 1. The van der Waals surface area contributed by atoms with Gasteiger partial charge in [-0.05, 0) is 25.1 Å². The highest BCUT2D eigenvalue weighted by molar-refractivity contribution is 5.39. The molecular weight excluding hydrogens is 245 g/mol. The Morgan fingerprint density at radius 3 is 2.84 bits per heavy atom. The van der Waals surface area contributed by atoms with Gasteiger partial charge in [0.1, 0.15) is 17.6 Å². The Hall–Kier alpha value is -2.45.